The van der Waals surface area contributed by atoms with E-state index < -0.39 is 23.8 Å². The standard InChI is InChI=1S/C18H31NO4/c1-2-3-4-5-6-7-8-9-10-11-15(20)14-18(23)19-16(21)12-13-17(19)22/h15,20H,2-14H2,1H3/t15-/m1/s1. The van der Waals surface area contributed by atoms with Gasteiger partial charge in [0, 0.05) is 12.8 Å². The van der Waals surface area contributed by atoms with Crippen LogP contribution in [0.1, 0.15) is 90.4 Å². The Kier molecular flexibility index (Phi) is 9.76. The van der Waals surface area contributed by atoms with Crippen molar-refractivity contribution in [1.82, 2.24) is 4.90 Å². The van der Waals surface area contributed by atoms with Crippen molar-refractivity contribution in [3.05, 3.63) is 0 Å². The Morgan fingerprint density at radius 3 is 1.96 bits per heavy atom. The molecule has 1 rings (SSSR count). The predicted octanol–water partition coefficient (Wildman–Crippen LogP) is 3.33. The van der Waals surface area contributed by atoms with E-state index in [-0.39, 0.29) is 19.3 Å². The fourth-order valence-electron chi connectivity index (χ4n) is 2.94. The third-order valence-corrected chi connectivity index (χ3v) is 4.35. The molecule has 3 amide bonds. The number of unbranched alkanes of at least 4 members (excludes halogenated alkanes) is 8. The largest absolute Gasteiger partial charge is 0.393 e. The summed E-state index contributed by atoms with van der Waals surface area (Å²) < 4.78 is 0. The average Bonchev–Trinajstić information content (AvgIpc) is 2.84. The van der Waals surface area contributed by atoms with Crippen LogP contribution in [0.4, 0.5) is 0 Å². The van der Waals surface area contributed by atoms with E-state index in [0.29, 0.717) is 11.3 Å². The molecule has 1 aliphatic rings. The number of aliphatic hydroxyl groups is 1. The molecule has 1 atom stereocenters. The van der Waals surface area contributed by atoms with Gasteiger partial charge >= 0.3 is 0 Å². The molecule has 1 heterocycles. The third-order valence-electron chi connectivity index (χ3n) is 4.35. The molecule has 1 saturated heterocycles. The molecule has 0 aromatic heterocycles. The van der Waals surface area contributed by atoms with Gasteiger partial charge in [-0.3, -0.25) is 14.4 Å². The van der Waals surface area contributed by atoms with Crippen LogP contribution in [0.3, 0.4) is 0 Å². The first-order chi connectivity index (χ1) is 11.1. The number of carbonyl (C=O) groups excluding carboxylic acids is 3. The van der Waals surface area contributed by atoms with Crippen molar-refractivity contribution >= 4 is 17.7 Å². The van der Waals surface area contributed by atoms with Gasteiger partial charge in [-0.2, -0.15) is 0 Å². The van der Waals surface area contributed by atoms with Crippen molar-refractivity contribution in [1.29, 1.82) is 0 Å². The molecule has 0 radical (unpaired) electrons. The Bertz CT molecular complexity index is 378. The van der Waals surface area contributed by atoms with Crippen LogP contribution in [0.15, 0.2) is 0 Å². The van der Waals surface area contributed by atoms with E-state index in [9.17, 15) is 19.5 Å². The lowest BCUT2D eigenvalue weighted by Gasteiger charge is -2.15. The van der Waals surface area contributed by atoms with Crippen LogP contribution >= 0.6 is 0 Å². The van der Waals surface area contributed by atoms with Crippen molar-refractivity contribution in [2.75, 3.05) is 0 Å². The molecule has 23 heavy (non-hydrogen) atoms. The first-order valence-electron chi connectivity index (χ1n) is 9.13. The topological polar surface area (TPSA) is 74.7 Å². The minimum Gasteiger partial charge on any atom is -0.393 e. The second kappa shape index (κ2) is 11.3. The minimum atomic E-state index is -0.756. The molecule has 0 aliphatic carbocycles. The van der Waals surface area contributed by atoms with Gasteiger partial charge in [0.15, 0.2) is 0 Å². The van der Waals surface area contributed by atoms with E-state index in [4.69, 9.17) is 0 Å². The number of aliphatic hydroxyl groups excluding tert-OH is 1. The van der Waals surface area contributed by atoms with Crippen molar-refractivity contribution in [2.24, 2.45) is 0 Å². The van der Waals surface area contributed by atoms with Crippen molar-refractivity contribution in [3.8, 4) is 0 Å². The molecule has 0 aromatic rings. The highest BCUT2D eigenvalue weighted by Crippen LogP contribution is 2.16. The monoisotopic (exact) mass is 325 g/mol. The quantitative estimate of drug-likeness (QED) is 0.441. The van der Waals surface area contributed by atoms with E-state index in [0.717, 1.165) is 19.3 Å². The van der Waals surface area contributed by atoms with Gasteiger partial charge in [-0.25, -0.2) is 4.90 Å². The summed E-state index contributed by atoms with van der Waals surface area (Å²) in [4.78, 5) is 35.4. The smallest absolute Gasteiger partial charge is 0.238 e. The molecule has 1 fully saturated rings. The van der Waals surface area contributed by atoms with Crippen LogP contribution in [0, 0.1) is 0 Å². The lowest BCUT2D eigenvalue weighted by atomic mass is 10.0. The Balaban J connectivity index is 2.04. The maximum absolute atomic E-state index is 11.9. The van der Waals surface area contributed by atoms with Gasteiger partial charge in [0.1, 0.15) is 0 Å². The Hall–Kier alpha value is -1.23. The average molecular weight is 325 g/mol. The van der Waals surface area contributed by atoms with E-state index >= 15 is 0 Å². The summed E-state index contributed by atoms with van der Waals surface area (Å²) in [5.74, 6) is -1.42. The van der Waals surface area contributed by atoms with E-state index in [1.165, 1.54) is 38.5 Å². The molecule has 5 nitrogen and oxygen atoms in total. The molecular weight excluding hydrogens is 294 g/mol. The lowest BCUT2D eigenvalue weighted by Crippen LogP contribution is -2.37. The molecule has 132 valence electrons. The highest BCUT2D eigenvalue weighted by atomic mass is 16.3. The van der Waals surface area contributed by atoms with Gasteiger partial charge in [-0.1, -0.05) is 64.7 Å². The van der Waals surface area contributed by atoms with E-state index in [1.54, 1.807) is 0 Å². The van der Waals surface area contributed by atoms with Gasteiger partial charge in [0.05, 0.1) is 12.5 Å². The number of amides is 3. The summed E-state index contributed by atoms with van der Waals surface area (Å²) in [6, 6.07) is 0. The highest BCUT2D eigenvalue weighted by molar-refractivity contribution is 6.15. The van der Waals surface area contributed by atoms with Crippen LogP contribution in [0.5, 0.6) is 0 Å². The highest BCUT2D eigenvalue weighted by Gasteiger charge is 2.34. The van der Waals surface area contributed by atoms with E-state index in [1.807, 2.05) is 0 Å². The zero-order valence-corrected chi connectivity index (χ0v) is 14.4. The number of hydrogen-bond acceptors (Lipinski definition) is 4. The predicted molar refractivity (Wildman–Crippen MR) is 88.6 cm³/mol. The number of rotatable bonds is 12. The number of nitrogens with zero attached hydrogens (tertiary/aromatic N) is 1. The third kappa shape index (κ3) is 7.73. The molecule has 1 N–H and O–H groups in total. The number of imide groups is 3. The summed E-state index contributed by atoms with van der Waals surface area (Å²) >= 11 is 0. The van der Waals surface area contributed by atoms with Crippen LogP contribution in [0.25, 0.3) is 0 Å². The number of carbonyl (C=O) groups is 3. The first kappa shape index (κ1) is 19.8. The normalized spacial score (nSPS) is 16.2. The Morgan fingerprint density at radius 1 is 0.957 bits per heavy atom. The fourth-order valence-corrected chi connectivity index (χ4v) is 2.94. The molecule has 5 heteroatoms. The van der Waals surface area contributed by atoms with Crippen molar-refractivity contribution < 1.29 is 19.5 Å². The molecule has 0 saturated carbocycles. The van der Waals surface area contributed by atoms with Gasteiger partial charge < -0.3 is 5.11 Å². The zero-order valence-electron chi connectivity index (χ0n) is 14.4. The van der Waals surface area contributed by atoms with Crippen LogP contribution in [-0.4, -0.2) is 33.8 Å². The molecule has 0 aromatic carbocycles. The van der Waals surface area contributed by atoms with Crippen molar-refractivity contribution in [2.45, 2.75) is 96.5 Å². The summed E-state index contributed by atoms with van der Waals surface area (Å²) in [5.41, 5.74) is 0. The summed E-state index contributed by atoms with van der Waals surface area (Å²) in [7, 11) is 0. The first-order valence-corrected chi connectivity index (χ1v) is 9.13. The van der Waals surface area contributed by atoms with Crippen LogP contribution in [0.2, 0.25) is 0 Å². The summed E-state index contributed by atoms with van der Waals surface area (Å²) in [6.45, 7) is 2.21. The number of hydrogen-bond donors (Lipinski definition) is 1. The summed E-state index contributed by atoms with van der Waals surface area (Å²) in [6.07, 6.45) is 10.7. The maximum Gasteiger partial charge on any atom is 0.238 e. The summed E-state index contributed by atoms with van der Waals surface area (Å²) in [5, 5.41) is 9.88. The van der Waals surface area contributed by atoms with Gasteiger partial charge in [0.25, 0.3) is 0 Å². The van der Waals surface area contributed by atoms with Crippen molar-refractivity contribution in [3.63, 3.8) is 0 Å². The second-order valence-electron chi connectivity index (χ2n) is 6.49. The number of likely N-dealkylation sites (tertiary alicyclic amines) is 1. The molecule has 1 aliphatic heterocycles. The van der Waals surface area contributed by atoms with Crippen LogP contribution in [-0.2, 0) is 14.4 Å². The van der Waals surface area contributed by atoms with Gasteiger partial charge in [0.2, 0.25) is 17.7 Å². The molecule has 0 spiro atoms. The Morgan fingerprint density at radius 2 is 1.43 bits per heavy atom. The maximum atomic E-state index is 11.9. The SMILES string of the molecule is CCCCCCCCCCC[C@@H](O)CC(=O)N1C(=O)CCC1=O. The van der Waals surface area contributed by atoms with Crippen LogP contribution < -0.4 is 0 Å². The molecule has 0 bridgehead atoms. The lowest BCUT2D eigenvalue weighted by molar-refractivity contribution is -0.150. The zero-order chi connectivity index (χ0) is 17.1. The van der Waals surface area contributed by atoms with Gasteiger partial charge in [-0.05, 0) is 6.42 Å². The molecule has 0 unspecified atom stereocenters. The second-order valence-corrected chi connectivity index (χ2v) is 6.49. The fraction of sp³-hybridized carbons (Fsp3) is 0.833. The van der Waals surface area contributed by atoms with E-state index in [2.05, 4.69) is 6.92 Å². The molecular formula is C18H31NO4. The Labute approximate surface area is 139 Å². The van der Waals surface area contributed by atoms with Gasteiger partial charge in [-0.15, -0.1) is 0 Å². The minimum absolute atomic E-state index is 0.110.